The van der Waals surface area contributed by atoms with Crippen LogP contribution in [-0.4, -0.2) is 35.8 Å². The highest BCUT2D eigenvalue weighted by Gasteiger charge is 2.46. The molecule has 1 aliphatic heterocycles. The first kappa shape index (κ1) is 11.0. The number of likely N-dealkylation sites (N-methyl/N-ethyl adjacent to an activating group) is 1. The van der Waals surface area contributed by atoms with Gasteiger partial charge >= 0.3 is 6.18 Å². The second-order valence-electron chi connectivity index (χ2n) is 3.58. The topological polar surface area (TPSA) is 38.2 Å². The number of anilines is 1. The Kier molecular flexibility index (Phi) is 2.40. The van der Waals surface area contributed by atoms with E-state index < -0.39 is 18.8 Å². The first-order chi connectivity index (χ1) is 7.39. The van der Waals surface area contributed by atoms with Gasteiger partial charge in [-0.2, -0.15) is 13.2 Å². The number of aryl methyl sites for hydroxylation is 1. The Morgan fingerprint density at radius 2 is 2.19 bits per heavy atom. The summed E-state index contributed by atoms with van der Waals surface area (Å²) in [5.41, 5.74) is 0. The SMILES string of the molecule is Cc1ncc2c(n1)N(C)C(C(F)(F)F)CO2. The number of aromatic nitrogens is 2. The molecule has 7 heteroatoms. The predicted octanol–water partition coefficient (Wildman–Crippen LogP) is 1.54. The van der Waals surface area contributed by atoms with Crippen LogP contribution in [0, 0.1) is 6.92 Å². The third-order valence-corrected chi connectivity index (χ3v) is 2.43. The van der Waals surface area contributed by atoms with E-state index in [1.165, 1.54) is 13.2 Å². The molecule has 0 spiro atoms. The van der Waals surface area contributed by atoms with E-state index in [1.807, 2.05) is 0 Å². The Morgan fingerprint density at radius 1 is 1.50 bits per heavy atom. The molecule has 1 aromatic heterocycles. The molecule has 0 radical (unpaired) electrons. The summed E-state index contributed by atoms with van der Waals surface area (Å²) in [6.07, 6.45) is -2.94. The van der Waals surface area contributed by atoms with Gasteiger partial charge in [0, 0.05) is 7.05 Å². The van der Waals surface area contributed by atoms with Crippen LogP contribution in [0.5, 0.6) is 5.75 Å². The van der Waals surface area contributed by atoms with Crippen molar-refractivity contribution in [3.63, 3.8) is 0 Å². The standard InChI is InChI=1S/C9H10F3N3O/c1-5-13-3-6-8(14-5)15(2)7(4-16-6)9(10,11)12/h3,7H,4H2,1-2H3. The molecule has 0 bridgehead atoms. The molecular formula is C9H10F3N3O. The molecular weight excluding hydrogens is 223 g/mol. The fourth-order valence-corrected chi connectivity index (χ4v) is 1.54. The fraction of sp³-hybridized carbons (Fsp3) is 0.556. The lowest BCUT2D eigenvalue weighted by molar-refractivity contribution is -0.155. The number of fused-ring (bicyclic) bond motifs is 1. The molecule has 0 fully saturated rings. The number of hydrogen-bond acceptors (Lipinski definition) is 4. The number of alkyl halides is 3. The Morgan fingerprint density at radius 3 is 2.81 bits per heavy atom. The molecule has 88 valence electrons. The van der Waals surface area contributed by atoms with Gasteiger partial charge in [0.15, 0.2) is 17.6 Å². The molecule has 0 saturated carbocycles. The maximum atomic E-state index is 12.6. The third-order valence-electron chi connectivity index (χ3n) is 2.43. The molecule has 0 N–H and O–H groups in total. The zero-order valence-corrected chi connectivity index (χ0v) is 8.75. The van der Waals surface area contributed by atoms with E-state index in [2.05, 4.69) is 9.97 Å². The summed E-state index contributed by atoms with van der Waals surface area (Å²) < 4.78 is 42.9. The molecule has 16 heavy (non-hydrogen) atoms. The van der Waals surface area contributed by atoms with Crippen LogP contribution < -0.4 is 9.64 Å². The van der Waals surface area contributed by atoms with Gasteiger partial charge in [-0.3, -0.25) is 0 Å². The first-order valence-electron chi connectivity index (χ1n) is 4.65. The summed E-state index contributed by atoms with van der Waals surface area (Å²) in [7, 11) is 1.35. The normalized spacial score (nSPS) is 20.3. The lowest BCUT2D eigenvalue weighted by Crippen LogP contribution is -2.50. The lowest BCUT2D eigenvalue weighted by Gasteiger charge is -2.35. The van der Waals surface area contributed by atoms with Gasteiger partial charge in [0.2, 0.25) is 0 Å². The van der Waals surface area contributed by atoms with Gasteiger partial charge in [-0.15, -0.1) is 0 Å². The maximum Gasteiger partial charge on any atom is 0.412 e. The van der Waals surface area contributed by atoms with Gasteiger partial charge in [-0.05, 0) is 6.92 Å². The average Bonchev–Trinajstić information content (AvgIpc) is 2.17. The van der Waals surface area contributed by atoms with E-state index >= 15 is 0 Å². The Hall–Kier alpha value is -1.53. The van der Waals surface area contributed by atoms with Crippen LogP contribution in [0.1, 0.15) is 5.82 Å². The van der Waals surface area contributed by atoms with E-state index in [9.17, 15) is 13.2 Å². The van der Waals surface area contributed by atoms with Gasteiger partial charge in [-0.1, -0.05) is 0 Å². The minimum absolute atomic E-state index is 0.182. The van der Waals surface area contributed by atoms with Crippen molar-refractivity contribution in [2.45, 2.75) is 19.1 Å². The van der Waals surface area contributed by atoms with Gasteiger partial charge in [0.05, 0.1) is 6.20 Å². The van der Waals surface area contributed by atoms with Crippen LogP contribution in [-0.2, 0) is 0 Å². The Balaban J connectivity index is 2.38. The monoisotopic (exact) mass is 233 g/mol. The Labute approximate surface area is 90.1 Å². The van der Waals surface area contributed by atoms with E-state index in [0.29, 0.717) is 5.82 Å². The third kappa shape index (κ3) is 1.77. The van der Waals surface area contributed by atoms with Crippen molar-refractivity contribution in [1.82, 2.24) is 9.97 Å². The number of halogens is 3. The van der Waals surface area contributed by atoms with Crippen molar-refractivity contribution < 1.29 is 17.9 Å². The highest BCUT2D eigenvalue weighted by atomic mass is 19.4. The van der Waals surface area contributed by atoms with Crippen LogP contribution in [0.2, 0.25) is 0 Å². The summed E-state index contributed by atoms with van der Waals surface area (Å²) in [5, 5.41) is 0. The molecule has 2 rings (SSSR count). The van der Waals surface area contributed by atoms with Crippen LogP contribution >= 0.6 is 0 Å². The molecule has 2 heterocycles. The minimum atomic E-state index is -4.33. The van der Waals surface area contributed by atoms with E-state index in [1.54, 1.807) is 6.92 Å². The number of nitrogens with zero attached hydrogens (tertiary/aromatic N) is 3. The molecule has 1 aliphatic rings. The zero-order chi connectivity index (χ0) is 11.9. The van der Waals surface area contributed by atoms with Crippen LogP contribution in [0.3, 0.4) is 0 Å². The minimum Gasteiger partial charge on any atom is -0.486 e. The molecule has 4 nitrogen and oxygen atoms in total. The highest BCUT2D eigenvalue weighted by Crippen LogP contribution is 2.35. The Bertz CT molecular complexity index is 407. The summed E-state index contributed by atoms with van der Waals surface area (Å²) in [6.45, 7) is 1.19. The van der Waals surface area contributed by atoms with Gasteiger partial charge in [-0.25, -0.2) is 9.97 Å². The lowest BCUT2D eigenvalue weighted by atomic mass is 10.2. The maximum absolute atomic E-state index is 12.6. The van der Waals surface area contributed by atoms with Crippen molar-refractivity contribution in [2.24, 2.45) is 0 Å². The number of ether oxygens (including phenoxy) is 1. The van der Waals surface area contributed by atoms with Gasteiger partial charge < -0.3 is 9.64 Å². The molecule has 1 unspecified atom stereocenters. The van der Waals surface area contributed by atoms with E-state index in [-0.39, 0.29) is 11.6 Å². The highest BCUT2D eigenvalue weighted by molar-refractivity contribution is 5.53. The quantitative estimate of drug-likeness (QED) is 0.681. The molecule has 0 saturated heterocycles. The van der Waals surface area contributed by atoms with Crippen molar-refractivity contribution in [3.05, 3.63) is 12.0 Å². The van der Waals surface area contributed by atoms with E-state index in [0.717, 1.165) is 4.90 Å². The largest absolute Gasteiger partial charge is 0.486 e. The molecule has 1 aromatic rings. The van der Waals surface area contributed by atoms with Crippen molar-refractivity contribution in [3.8, 4) is 5.75 Å². The summed E-state index contributed by atoms with van der Waals surface area (Å²) >= 11 is 0. The van der Waals surface area contributed by atoms with E-state index in [4.69, 9.17) is 4.74 Å². The molecule has 0 amide bonds. The average molecular weight is 233 g/mol. The van der Waals surface area contributed by atoms with Crippen molar-refractivity contribution >= 4 is 5.82 Å². The van der Waals surface area contributed by atoms with Crippen LogP contribution in [0.4, 0.5) is 19.0 Å². The summed E-state index contributed by atoms with van der Waals surface area (Å²) in [6, 6.07) is -1.66. The number of rotatable bonds is 0. The summed E-state index contributed by atoms with van der Waals surface area (Å²) in [5.74, 6) is 0.881. The second kappa shape index (κ2) is 3.50. The smallest absolute Gasteiger partial charge is 0.412 e. The van der Waals surface area contributed by atoms with Crippen LogP contribution in [0.15, 0.2) is 6.20 Å². The fourth-order valence-electron chi connectivity index (χ4n) is 1.54. The van der Waals surface area contributed by atoms with Crippen molar-refractivity contribution in [1.29, 1.82) is 0 Å². The number of hydrogen-bond donors (Lipinski definition) is 0. The van der Waals surface area contributed by atoms with Gasteiger partial charge in [0.1, 0.15) is 12.4 Å². The molecule has 1 atom stereocenters. The first-order valence-corrected chi connectivity index (χ1v) is 4.65. The predicted molar refractivity (Wildman–Crippen MR) is 50.5 cm³/mol. The summed E-state index contributed by atoms with van der Waals surface area (Å²) in [4.78, 5) is 8.90. The van der Waals surface area contributed by atoms with Crippen molar-refractivity contribution in [2.75, 3.05) is 18.6 Å². The van der Waals surface area contributed by atoms with Crippen LogP contribution in [0.25, 0.3) is 0 Å². The zero-order valence-electron chi connectivity index (χ0n) is 8.75. The molecule has 0 aromatic carbocycles. The van der Waals surface area contributed by atoms with Gasteiger partial charge in [0.25, 0.3) is 0 Å². The molecule has 0 aliphatic carbocycles. The second-order valence-corrected chi connectivity index (χ2v) is 3.58.